The zero-order valence-corrected chi connectivity index (χ0v) is 26.0. The van der Waals surface area contributed by atoms with Crippen molar-refractivity contribution in [2.75, 3.05) is 6.61 Å². The molecule has 6 rings (SSSR count). The number of hydrogen-bond acceptors (Lipinski definition) is 2. The summed E-state index contributed by atoms with van der Waals surface area (Å²) in [5.41, 5.74) is 7.00. The van der Waals surface area contributed by atoms with Gasteiger partial charge >= 0.3 is 0 Å². The first-order valence-corrected chi connectivity index (χ1v) is 19.7. The molecule has 1 atom stereocenters. The lowest BCUT2D eigenvalue weighted by Crippen LogP contribution is -2.44. The lowest BCUT2D eigenvalue weighted by Gasteiger charge is -2.50. The second-order valence-electron chi connectivity index (χ2n) is 13.4. The van der Waals surface area contributed by atoms with Crippen LogP contribution in [-0.4, -0.2) is 40.0 Å². The molecule has 5 aliphatic rings. The third kappa shape index (κ3) is 6.89. The van der Waals surface area contributed by atoms with Crippen LogP contribution < -0.4 is 0 Å². The number of fused-ring (bicyclic) bond motifs is 1. The van der Waals surface area contributed by atoms with Gasteiger partial charge in [0.1, 0.15) is 0 Å². The molecular formula is C34H55NOP2. The molecule has 0 N–H and O–H groups in total. The molecule has 4 saturated carbocycles. The summed E-state index contributed by atoms with van der Waals surface area (Å²) in [7, 11) is -0.354. The summed E-state index contributed by atoms with van der Waals surface area (Å²) >= 11 is 0. The minimum Gasteiger partial charge on any atom is -0.357 e. The van der Waals surface area contributed by atoms with Gasteiger partial charge in [0.15, 0.2) is 0 Å². The summed E-state index contributed by atoms with van der Waals surface area (Å²) in [6.45, 7) is 2.22. The zero-order valence-electron chi connectivity index (χ0n) is 24.2. The molecule has 0 radical (unpaired) electrons. The highest BCUT2D eigenvalue weighted by atomic mass is 31.1. The first-order chi connectivity index (χ1) is 18.9. The maximum atomic E-state index is 7.36. The summed E-state index contributed by atoms with van der Waals surface area (Å²) in [6.07, 6.45) is 30.7. The van der Waals surface area contributed by atoms with Gasteiger partial charge in [-0.15, -0.1) is 0 Å². The Morgan fingerprint density at radius 2 is 1.03 bits per heavy atom. The molecule has 1 aliphatic heterocycles. The highest BCUT2D eigenvalue weighted by Gasteiger charge is 2.41. The first kappa shape index (κ1) is 28.1. The first-order valence-electron chi connectivity index (χ1n) is 16.9. The minimum atomic E-state index is -0.276. The number of rotatable bonds is 8. The van der Waals surface area contributed by atoms with E-state index in [9.17, 15) is 0 Å². The summed E-state index contributed by atoms with van der Waals surface area (Å²) in [5, 5.41) is 0. The fraction of sp³-hybridized carbons (Fsp3) is 0.824. The normalized spacial score (nSPS) is 27.7. The lowest BCUT2D eigenvalue weighted by molar-refractivity contribution is 0.197. The van der Waals surface area contributed by atoms with Crippen molar-refractivity contribution in [3.8, 4) is 0 Å². The van der Waals surface area contributed by atoms with Gasteiger partial charge in [-0.05, 0) is 88.3 Å². The molecule has 4 fully saturated rings. The monoisotopic (exact) mass is 555 g/mol. The molecule has 4 aliphatic carbocycles. The molecule has 0 aromatic heterocycles. The molecule has 212 valence electrons. The third-order valence-corrected chi connectivity index (χ3v) is 17.3. The van der Waals surface area contributed by atoms with E-state index in [1.54, 1.807) is 11.1 Å². The molecule has 2 nitrogen and oxygen atoms in total. The smallest absolute Gasteiger partial charge is 0.0671 e. The fourth-order valence-corrected chi connectivity index (χ4v) is 15.9. The van der Waals surface area contributed by atoms with Crippen molar-refractivity contribution in [1.82, 2.24) is 4.67 Å². The van der Waals surface area contributed by atoms with Crippen LogP contribution in [0, 0.1) is 0 Å². The Balaban J connectivity index is 1.25. The summed E-state index contributed by atoms with van der Waals surface area (Å²) < 4.78 is 10.5. The van der Waals surface area contributed by atoms with Crippen molar-refractivity contribution in [3.05, 3.63) is 35.4 Å². The Kier molecular flexibility index (Phi) is 10.6. The van der Waals surface area contributed by atoms with Crippen LogP contribution in [0.2, 0.25) is 0 Å². The Bertz CT molecular complexity index is 803. The molecule has 1 heterocycles. The van der Waals surface area contributed by atoms with Crippen molar-refractivity contribution in [2.24, 2.45) is 0 Å². The standard InChI is InChI=1S/C34H55NOP2/c1-5-17-31(18-6-1)37(32-19-7-2-8-20-32)35-26-29-16-14-13-15-28(29)25-30(35)27-36-38(33-21-9-3-10-22-33)34-23-11-4-12-24-34/h13-16,30-34H,1-12,17-27H2/t30-/m0/s1. The molecule has 0 spiro atoms. The molecule has 4 heteroatoms. The van der Waals surface area contributed by atoms with E-state index in [2.05, 4.69) is 28.9 Å². The molecular weight excluding hydrogens is 500 g/mol. The van der Waals surface area contributed by atoms with Gasteiger partial charge < -0.3 is 4.52 Å². The highest BCUT2D eigenvalue weighted by molar-refractivity contribution is 7.56. The summed E-state index contributed by atoms with van der Waals surface area (Å²) in [4.78, 5) is 0. The van der Waals surface area contributed by atoms with Crippen molar-refractivity contribution in [2.45, 2.75) is 170 Å². The van der Waals surface area contributed by atoms with E-state index < -0.39 is 0 Å². The molecule has 1 aromatic rings. The number of nitrogens with zero attached hydrogens (tertiary/aromatic N) is 1. The second-order valence-corrected chi connectivity index (χ2v) is 18.6. The highest BCUT2D eigenvalue weighted by Crippen LogP contribution is 2.61. The Labute approximate surface area is 237 Å². The molecule has 0 saturated heterocycles. The zero-order chi connectivity index (χ0) is 25.6. The average Bonchev–Trinajstić information content (AvgIpc) is 3.00. The van der Waals surface area contributed by atoms with Gasteiger partial charge in [-0.2, -0.15) is 0 Å². The van der Waals surface area contributed by atoms with E-state index in [1.165, 1.54) is 141 Å². The second kappa shape index (κ2) is 14.3. The van der Waals surface area contributed by atoms with Crippen molar-refractivity contribution in [1.29, 1.82) is 0 Å². The van der Waals surface area contributed by atoms with E-state index >= 15 is 0 Å². The lowest BCUT2D eigenvalue weighted by atomic mass is 9.96. The fourth-order valence-electron chi connectivity index (χ4n) is 8.75. The van der Waals surface area contributed by atoms with Crippen LogP contribution in [0.4, 0.5) is 0 Å². The van der Waals surface area contributed by atoms with Crippen molar-refractivity contribution in [3.63, 3.8) is 0 Å². The van der Waals surface area contributed by atoms with Gasteiger partial charge in [-0.1, -0.05) is 101 Å². The third-order valence-electron chi connectivity index (χ3n) is 10.8. The van der Waals surface area contributed by atoms with E-state index in [0.29, 0.717) is 6.04 Å². The molecule has 0 bridgehead atoms. The molecule has 0 amide bonds. The van der Waals surface area contributed by atoms with Gasteiger partial charge in [0.05, 0.1) is 6.61 Å². The maximum Gasteiger partial charge on any atom is 0.0671 e. The van der Waals surface area contributed by atoms with E-state index in [4.69, 9.17) is 4.52 Å². The quantitative estimate of drug-likeness (QED) is 0.296. The van der Waals surface area contributed by atoms with Crippen molar-refractivity contribution >= 4 is 16.2 Å². The SMILES string of the molecule is c1ccc2c(c1)C[C@@H](COP(C1CCCCC1)C1CCCCC1)N(P(C1CCCCC1)C1CCCCC1)C2. The predicted molar refractivity (Wildman–Crippen MR) is 167 cm³/mol. The van der Waals surface area contributed by atoms with Crippen LogP contribution in [-0.2, 0) is 17.5 Å². The number of benzene rings is 1. The van der Waals surface area contributed by atoms with Gasteiger partial charge in [-0.25, -0.2) is 0 Å². The van der Waals surface area contributed by atoms with Gasteiger partial charge in [0.25, 0.3) is 0 Å². The predicted octanol–water partition coefficient (Wildman–Crippen LogP) is 10.6. The summed E-state index contributed by atoms with van der Waals surface area (Å²) in [6, 6.07) is 10.1. The Morgan fingerprint density at radius 3 is 1.53 bits per heavy atom. The van der Waals surface area contributed by atoms with E-state index in [0.717, 1.165) is 29.2 Å². The van der Waals surface area contributed by atoms with E-state index in [1.807, 2.05) is 0 Å². The van der Waals surface area contributed by atoms with Gasteiger partial charge in [0, 0.05) is 32.1 Å². The largest absolute Gasteiger partial charge is 0.357 e. The van der Waals surface area contributed by atoms with Gasteiger partial charge in [0.2, 0.25) is 0 Å². The van der Waals surface area contributed by atoms with Crippen LogP contribution in [0.15, 0.2) is 24.3 Å². The molecule has 38 heavy (non-hydrogen) atoms. The van der Waals surface area contributed by atoms with Crippen molar-refractivity contribution < 1.29 is 4.52 Å². The van der Waals surface area contributed by atoms with Crippen LogP contribution in [0.1, 0.15) is 140 Å². The molecule has 1 aromatic carbocycles. The Hall–Kier alpha value is -0.0000000000000000555. The minimum absolute atomic E-state index is 0.0782. The Morgan fingerprint density at radius 1 is 0.579 bits per heavy atom. The number of hydrogen-bond donors (Lipinski definition) is 0. The van der Waals surface area contributed by atoms with Crippen LogP contribution in [0.3, 0.4) is 0 Å². The molecule has 0 unspecified atom stereocenters. The van der Waals surface area contributed by atoms with Crippen LogP contribution in [0.25, 0.3) is 0 Å². The summed E-state index contributed by atoms with van der Waals surface area (Å²) in [5.74, 6) is 0. The average molecular weight is 556 g/mol. The maximum absolute atomic E-state index is 7.36. The van der Waals surface area contributed by atoms with Gasteiger partial charge in [-0.3, -0.25) is 4.67 Å². The topological polar surface area (TPSA) is 12.5 Å². The van der Waals surface area contributed by atoms with E-state index in [-0.39, 0.29) is 16.2 Å². The van der Waals surface area contributed by atoms with Crippen LogP contribution in [0.5, 0.6) is 0 Å². The van der Waals surface area contributed by atoms with Crippen LogP contribution >= 0.6 is 16.2 Å².